The molecule has 2 aliphatic heterocycles. The number of carbonyl (C=O) groups excluding carboxylic acids is 2. The lowest BCUT2D eigenvalue weighted by Crippen LogP contribution is -2.53. The Morgan fingerprint density at radius 2 is 1.75 bits per heavy atom. The van der Waals surface area contributed by atoms with Crippen LogP contribution in [0, 0.1) is 0 Å². The van der Waals surface area contributed by atoms with E-state index in [4.69, 9.17) is 0 Å². The molecule has 0 saturated carbocycles. The molecule has 0 aliphatic carbocycles. The monoisotopic (exact) mass is 379 g/mol. The Morgan fingerprint density at radius 3 is 2.46 bits per heavy atom. The minimum absolute atomic E-state index is 0.0752. The van der Waals surface area contributed by atoms with E-state index in [1.54, 1.807) is 12.4 Å². The van der Waals surface area contributed by atoms with Crippen LogP contribution in [0.5, 0.6) is 0 Å². The summed E-state index contributed by atoms with van der Waals surface area (Å²) in [6.07, 6.45) is 3.94. The normalized spacial score (nSPS) is 19.8. The summed E-state index contributed by atoms with van der Waals surface area (Å²) in [5.41, 5.74) is 2.24. The first kappa shape index (κ1) is 18.3. The number of nitrogens with one attached hydrogen (secondary N) is 1. The van der Waals surface area contributed by atoms with Gasteiger partial charge in [0.25, 0.3) is 0 Å². The van der Waals surface area contributed by atoms with E-state index in [0.717, 1.165) is 24.3 Å². The molecule has 0 radical (unpaired) electrons. The highest BCUT2D eigenvalue weighted by Gasteiger charge is 2.32. The van der Waals surface area contributed by atoms with Crippen molar-refractivity contribution in [1.82, 2.24) is 20.1 Å². The molecular weight excluding hydrogens is 354 g/mol. The summed E-state index contributed by atoms with van der Waals surface area (Å²) >= 11 is 0. The maximum atomic E-state index is 12.6. The number of benzene rings is 1. The average molecular weight is 379 g/mol. The van der Waals surface area contributed by atoms with Crippen LogP contribution < -0.4 is 10.2 Å². The molecule has 1 N–H and O–H groups in total. The fourth-order valence-electron chi connectivity index (χ4n) is 3.81. The molecule has 2 fully saturated rings. The van der Waals surface area contributed by atoms with Crippen LogP contribution in [0.4, 0.5) is 10.5 Å². The summed E-state index contributed by atoms with van der Waals surface area (Å²) in [7, 11) is 0. The van der Waals surface area contributed by atoms with E-state index < -0.39 is 0 Å². The number of hydrogen-bond acceptors (Lipinski definition) is 4. The highest BCUT2D eigenvalue weighted by atomic mass is 16.2. The van der Waals surface area contributed by atoms with E-state index in [1.807, 2.05) is 52.3 Å². The van der Waals surface area contributed by atoms with Gasteiger partial charge in [-0.3, -0.25) is 9.78 Å². The zero-order chi connectivity index (χ0) is 19.3. The predicted molar refractivity (Wildman–Crippen MR) is 107 cm³/mol. The van der Waals surface area contributed by atoms with Crippen molar-refractivity contribution < 1.29 is 9.59 Å². The molecule has 1 aromatic heterocycles. The lowest BCUT2D eigenvalue weighted by Gasteiger charge is -2.36. The minimum Gasteiger partial charge on any atom is -0.368 e. The number of aromatic nitrogens is 1. The van der Waals surface area contributed by atoms with Crippen molar-refractivity contribution in [1.29, 1.82) is 0 Å². The molecule has 0 bridgehead atoms. The topological polar surface area (TPSA) is 68.8 Å². The van der Waals surface area contributed by atoms with Crippen LogP contribution in [0.15, 0.2) is 54.9 Å². The number of pyridine rings is 1. The molecule has 2 aliphatic rings. The zero-order valence-corrected chi connectivity index (χ0v) is 15.8. The molecule has 4 rings (SSSR count). The van der Waals surface area contributed by atoms with Crippen molar-refractivity contribution in [2.45, 2.75) is 19.0 Å². The first-order chi connectivity index (χ1) is 13.7. The minimum atomic E-state index is -0.123. The Labute approximate surface area is 164 Å². The van der Waals surface area contributed by atoms with Gasteiger partial charge < -0.3 is 20.0 Å². The van der Waals surface area contributed by atoms with Crippen LogP contribution in [0.3, 0.4) is 0 Å². The number of rotatable bonds is 4. The molecule has 7 nitrogen and oxygen atoms in total. The third-order valence-corrected chi connectivity index (χ3v) is 5.35. The second-order valence-corrected chi connectivity index (χ2v) is 7.29. The first-order valence-corrected chi connectivity index (χ1v) is 9.71. The Hall–Kier alpha value is -3.09. The van der Waals surface area contributed by atoms with Crippen molar-refractivity contribution >= 4 is 17.6 Å². The van der Waals surface area contributed by atoms with Gasteiger partial charge in [-0.1, -0.05) is 30.3 Å². The van der Waals surface area contributed by atoms with E-state index in [1.165, 1.54) is 0 Å². The zero-order valence-electron chi connectivity index (χ0n) is 15.8. The largest absolute Gasteiger partial charge is 0.368 e. The fourth-order valence-corrected chi connectivity index (χ4v) is 3.81. The summed E-state index contributed by atoms with van der Waals surface area (Å²) in [6.45, 7) is 4.08. The van der Waals surface area contributed by atoms with Gasteiger partial charge in [-0.2, -0.15) is 0 Å². The second kappa shape index (κ2) is 8.29. The van der Waals surface area contributed by atoms with Gasteiger partial charge in [-0.25, -0.2) is 4.79 Å². The van der Waals surface area contributed by atoms with Gasteiger partial charge in [-0.05, 0) is 17.7 Å². The first-order valence-electron chi connectivity index (χ1n) is 9.71. The summed E-state index contributed by atoms with van der Waals surface area (Å²) < 4.78 is 0. The third kappa shape index (κ3) is 4.24. The van der Waals surface area contributed by atoms with Gasteiger partial charge >= 0.3 is 6.03 Å². The van der Waals surface area contributed by atoms with Crippen LogP contribution in [0.1, 0.15) is 12.0 Å². The standard InChI is InChI=1S/C21H25N5O2/c27-20-14-18(16-26(20)15-17-4-2-1-3-5-17)23-21(28)25-12-10-24(11-13-25)19-6-8-22-9-7-19/h1-9,18H,10-16H2,(H,23,28)/t18-/m1/s1. The lowest BCUT2D eigenvalue weighted by molar-refractivity contribution is -0.128. The molecule has 7 heteroatoms. The van der Waals surface area contributed by atoms with E-state index in [2.05, 4.69) is 15.2 Å². The quantitative estimate of drug-likeness (QED) is 0.878. The van der Waals surface area contributed by atoms with Crippen molar-refractivity contribution in [2.24, 2.45) is 0 Å². The second-order valence-electron chi connectivity index (χ2n) is 7.29. The molecule has 2 saturated heterocycles. The average Bonchev–Trinajstić information content (AvgIpc) is 3.08. The van der Waals surface area contributed by atoms with Gasteiger partial charge in [0.1, 0.15) is 0 Å². The van der Waals surface area contributed by atoms with E-state index in [9.17, 15) is 9.59 Å². The Balaban J connectivity index is 1.26. The smallest absolute Gasteiger partial charge is 0.317 e. The number of nitrogens with zero attached hydrogens (tertiary/aromatic N) is 4. The summed E-state index contributed by atoms with van der Waals surface area (Å²) in [5.74, 6) is 0.0941. The summed E-state index contributed by atoms with van der Waals surface area (Å²) in [5, 5.41) is 3.05. The third-order valence-electron chi connectivity index (χ3n) is 5.35. The summed E-state index contributed by atoms with van der Waals surface area (Å²) in [4.78, 5) is 34.9. The summed E-state index contributed by atoms with van der Waals surface area (Å²) in [6, 6.07) is 13.7. The maximum absolute atomic E-state index is 12.6. The van der Waals surface area contributed by atoms with Crippen molar-refractivity contribution in [2.75, 3.05) is 37.6 Å². The number of likely N-dealkylation sites (tertiary alicyclic amines) is 1. The van der Waals surface area contributed by atoms with E-state index >= 15 is 0 Å². The van der Waals surface area contributed by atoms with Crippen LogP contribution in [-0.4, -0.2) is 65.5 Å². The molecule has 3 amide bonds. The van der Waals surface area contributed by atoms with Crippen molar-refractivity contribution in [3.05, 3.63) is 60.4 Å². The van der Waals surface area contributed by atoms with Gasteiger partial charge in [0.2, 0.25) is 5.91 Å². The predicted octanol–water partition coefficient (Wildman–Crippen LogP) is 1.71. The van der Waals surface area contributed by atoms with Gasteiger partial charge in [0.05, 0.1) is 6.04 Å². The van der Waals surface area contributed by atoms with Gasteiger partial charge in [0.15, 0.2) is 0 Å². The number of anilines is 1. The van der Waals surface area contributed by atoms with Crippen LogP contribution >= 0.6 is 0 Å². The molecule has 146 valence electrons. The molecule has 3 heterocycles. The molecular formula is C21H25N5O2. The van der Waals surface area contributed by atoms with Crippen LogP contribution in [-0.2, 0) is 11.3 Å². The molecule has 1 aromatic carbocycles. The molecule has 0 spiro atoms. The lowest BCUT2D eigenvalue weighted by atomic mass is 10.2. The van der Waals surface area contributed by atoms with Gasteiger partial charge in [-0.15, -0.1) is 0 Å². The number of amides is 3. The Kier molecular flexibility index (Phi) is 5.41. The number of piperazine rings is 1. The Bertz CT molecular complexity index is 806. The van der Waals surface area contributed by atoms with E-state index in [-0.39, 0.29) is 18.0 Å². The van der Waals surface area contributed by atoms with Crippen LogP contribution in [0.25, 0.3) is 0 Å². The molecule has 0 unspecified atom stereocenters. The molecule has 1 atom stereocenters. The fraction of sp³-hybridized carbons (Fsp3) is 0.381. The number of hydrogen-bond donors (Lipinski definition) is 1. The highest BCUT2D eigenvalue weighted by Crippen LogP contribution is 2.17. The van der Waals surface area contributed by atoms with Crippen molar-refractivity contribution in [3.63, 3.8) is 0 Å². The highest BCUT2D eigenvalue weighted by molar-refractivity contribution is 5.81. The Morgan fingerprint density at radius 1 is 1.04 bits per heavy atom. The maximum Gasteiger partial charge on any atom is 0.317 e. The van der Waals surface area contributed by atoms with Crippen LogP contribution in [0.2, 0.25) is 0 Å². The number of carbonyl (C=O) groups is 2. The SMILES string of the molecule is O=C1C[C@@H](NC(=O)N2CCN(c3ccncc3)CC2)CN1Cc1ccccc1. The number of urea groups is 1. The van der Waals surface area contributed by atoms with Gasteiger partial charge in [0, 0.05) is 63.8 Å². The molecule has 28 heavy (non-hydrogen) atoms. The van der Waals surface area contributed by atoms with E-state index in [0.29, 0.717) is 32.6 Å². The van der Waals surface area contributed by atoms with Crippen molar-refractivity contribution in [3.8, 4) is 0 Å². The molecule has 2 aromatic rings.